The van der Waals surface area contributed by atoms with Gasteiger partial charge in [-0.2, -0.15) is 13.2 Å². The predicted octanol–water partition coefficient (Wildman–Crippen LogP) is 6.31. The molecule has 0 amide bonds. The first-order valence-electron chi connectivity index (χ1n) is 15.4. The molecule has 4 aromatic rings. The Hall–Kier alpha value is -4.34. The number of sulfone groups is 1. The van der Waals surface area contributed by atoms with E-state index in [9.17, 15) is 21.6 Å². The van der Waals surface area contributed by atoms with Crippen LogP contribution in [0.1, 0.15) is 24.1 Å². The van der Waals surface area contributed by atoms with E-state index >= 15 is 0 Å². The van der Waals surface area contributed by atoms with E-state index in [4.69, 9.17) is 9.47 Å². The summed E-state index contributed by atoms with van der Waals surface area (Å²) < 4.78 is 76.7. The molecule has 2 saturated heterocycles. The summed E-state index contributed by atoms with van der Waals surface area (Å²) in [5, 5.41) is 7.11. The molecule has 1 spiro atoms. The zero-order valence-corrected chi connectivity index (χ0v) is 27.1. The van der Waals surface area contributed by atoms with Crippen molar-refractivity contribution in [3.8, 4) is 17.6 Å². The zero-order valence-electron chi connectivity index (χ0n) is 26.3. The molecule has 0 bridgehead atoms. The second-order valence-corrected chi connectivity index (χ2v) is 14.3. The Morgan fingerprint density at radius 1 is 0.979 bits per heavy atom. The lowest BCUT2D eigenvalue weighted by molar-refractivity contribution is -0.140. The van der Waals surface area contributed by atoms with Crippen molar-refractivity contribution in [1.82, 2.24) is 4.57 Å². The molecule has 2 fully saturated rings. The number of nitrogens with one attached hydrogen (secondary N) is 2. The Morgan fingerprint density at radius 2 is 1.72 bits per heavy atom. The van der Waals surface area contributed by atoms with E-state index in [1.807, 2.05) is 6.07 Å². The Bertz CT molecular complexity index is 1910. The van der Waals surface area contributed by atoms with Crippen LogP contribution in [0.5, 0.6) is 5.75 Å². The van der Waals surface area contributed by atoms with Gasteiger partial charge in [-0.25, -0.2) is 8.42 Å². The number of methoxy groups -OCH3 is 1. The van der Waals surface area contributed by atoms with Gasteiger partial charge >= 0.3 is 6.18 Å². The number of ether oxygens (including phenoxy) is 2. The van der Waals surface area contributed by atoms with Crippen molar-refractivity contribution < 1.29 is 31.1 Å². The van der Waals surface area contributed by atoms with E-state index in [-0.39, 0.29) is 17.1 Å². The van der Waals surface area contributed by atoms with Crippen LogP contribution in [0.4, 0.5) is 30.2 Å². The van der Waals surface area contributed by atoms with Crippen molar-refractivity contribution in [2.24, 2.45) is 5.41 Å². The van der Waals surface area contributed by atoms with E-state index in [0.29, 0.717) is 40.0 Å². The lowest BCUT2D eigenvalue weighted by Gasteiger charge is -2.47. The molecule has 1 aromatic heterocycles. The van der Waals surface area contributed by atoms with Gasteiger partial charge in [0.15, 0.2) is 9.84 Å². The van der Waals surface area contributed by atoms with Crippen LogP contribution in [0, 0.1) is 17.3 Å². The molecule has 2 aliphatic heterocycles. The molecule has 12 heteroatoms. The molecule has 47 heavy (non-hydrogen) atoms. The molecule has 0 aliphatic carbocycles. The predicted molar refractivity (Wildman–Crippen MR) is 178 cm³/mol. The number of halogens is 3. The minimum atomic E-state index is -4.44. The SMILES string of the molecule is COc1cc(S(C)(=O)=O)ccc1NCC#Cc1cc2c(NCc3ccc(N4CCC5(CC4)COC5)cc3)cccc2n1CC(F)(F)F. The number of hydrogen-bond acceptors (Lipinski definition) is 7. The standard InChI is InChI=1S/C35H37F3N4O4S/c1-45-33-20-28(47(2,43)44)12-13-31(33)39-16-4-5-27-19-29-30(6-3-7-32(29)42(27)22-35(36,37)38)40-21-25-8-10-26(11-9-25)41-17-14-34(15-18-41)23-46-24-34/h3,6-13,19-20,39-40H,14-18,21-24H2,1-2H3. The molecular formula is C35H37F3N4O4S. The third-order valence-electron chi connectivity index (χ3n) is 8.89. The van der Waals surface area contributed by atoms with Crippen LogP contribution in [-0.2, 0) is 27.7 Å². The fourth-order valence-corrected chi connectivity index (χ4v) is 6.79. The number of hydrogen-bond donors (Lipinski definition) is 2. The van der Waals surface area contributed by atoms with Gasteiger partial charge in [0.05, 0.1) is 48.7 Å². The average Bonchev–Trinajstić information content (AvgIpc) is 3.37. The van der Waals surface area contributed by atoms with Gasteiger partial charge in [-0.15, -0.1) is 0 Å². The molecule has 0 unspecified atom stereocenters. The Morgan fingerprint density at radius 3 is 2.36 bits per heavy atom. The summed E-state index contributed by atoms with van der Waals surface area (Å²) in [5.74, 6) is 6.11. The molecule has 248 valence electrons. The smallest absolute Gasteiger partial charge is 0.406 e. The van der Waals surface area contributed by atoms with Gasteiger partial charge in [-0.3, -0.25) is 0 Å². The fourth-order valence-electron chi connectivity index (χ4n) is 6.15. The van der Waals surface area contributed by atoms with Gasteiger partial charge in [0.1, 0.15) is 12.3 Å². The maximum Gasteiger partial charge on any atom is 0.406 e. The van der Waals surface area contributed by atoms with E-state index in [1.54, 1.807) is 24.3 Å². The second kappa shape index (κ2) is 13.0. The van der Waals surface area contributed by atoms with Gasteiger partial charge in [0, 0.05) is 54.1 Å². The van der Waals surface area contributed by atoms with Crippen molar-refractivity contribution >= 4 is 37.8 Å². The topological polar surface area (TPSA) is 84.8 Å². The van der Waals surface area contributed by atoms with E-state index in [0.717, 1.165) is 51.0 Å². The Kier molecular flexibility index (Phi) is 9.05. The number of anilines is 3. The van der Waals surface area contributed by atoms with Crippen LogP contribution in [0.2, 0.25) is 0 Å². The van der Waals surface area contributed by atoms with Crippen LogP contribution >= 0.6 is 0 Å². The van der Waals surface area contributed by atoms with Crippen molar-refractivity contribution in [3.05, 3.63) is 78.0 Å². The monoisotopic (exact) mass is 666 g/mol. The molecule has 0 atom stereocenters. The summed E-state index contributed by atoms with van der Waals surface area (Å²) >= 11 is 0. The first-order chi connectivity index (χ1) is 22.4. The molecular weight excluding hydrogens is 629 g/mol. The van der Waals surface area contributed by atoms with E-state index in [2.05, 4.69) is 51.6 Å². The first-order valence-corrected chi connectivity index (χ1v) is 17.3. The highest BCUT2D eigenvalue weighted by Crippen LogP contribution is 2.39. The lowest BCUT2D eigenvalue weighted by Crippen LogP contribution is -2.50. The summed E-state index contributed by atoms with van der Waals surface area (Å²) in [6, 6.07) is 19.8. The second-order valence-electron chi connectivity index (χ2n) is 12.3. The van der Waals surface area contributed by atoms with Crippen molar-refractivity contribution in [2.75, 3.05) is 61.7 Å². The number of benzene rings is 3. The fraction of sp³-hybridized carbons (Fsp3) is 0.371. The molecule has 0 radical (unpaired) electrons. The van der Waals surface area contributed by atoms with Gasteiger partial charge in [0.25, 0.3) is 0 Å². The summed E-state index contributed by atoms with van der Waals surface area (Å²) in [5.41, 5.74) is 4.52. The molecule has 3 heterocycles. The quantitative estimate of drug-likeness (QED) is 0.203. The third kappa shape index (κ3) is 7.47. The van der Waals surface area contributed by atoms with Crippen LogP contribution in [-0.4, -0.2) is 65.4 Å². The zero-order chi connectivity index (χ0) is 33.2. The van der Waals surface area contributed by atoms with Gasteiger partial charge < -0.3 is 29.6 Å². The van der Waals surface area contributed by atoms with Gasteiger partial charge in [-0.1, -0.05) is 24.1 Å². The molecule has 0 saturated carbocycles. The minimum absolute atomic E-state index is 0.0932. The normalized spacial score (nSPS) is 16.0. The highest BCUT2D eigenvalue weighted by atomic mass is 32.2. The molecule has 2 N–H and O–H groups in total. The highest BCUT2D eigenvalue weighted by Gasteiger charge is 2.41. The van der Waals surface area contributed by atoms with Gasteiger partial charge in [0.2, 0.25) is 0 Å². The summed E-state index contributed by atoms with van der Waals surface area (Å²) in [6.45, 7) is 3.22. The molecule has 8 nitrogen and oxygen atoms in total. The van der Waals surface area contributed by atoms with Crippen molar-refractivity contribution in [3.63, 3.8) is 0 Å². The van der Waals surface area contributed by atoms with Crippen LogP contribution in [0.15, 0.2) is 71.6 Å². The summed E-state index contributed by atoms with van der Waals surface area (Å²) in [4.78, 5) is 2.52. The number of aromatic nitrogens is 1. The number of nitrogens with zero attached hydrogens (tertiary/aromatic N) is 2. The number of piperidine rings is 1. The van der Waals surface area contributed by atoms with Crippen molar-refractivity contribution in [2.45, 2.75) is 37.0 Å². The molecule has 6 rings (SSSR count). The average molecular weight is 667 g/mol. The van der Waals surface area contributed by atoms with E-state index < -0.39 is 22.6 Å². The van der Waals surface area contributed by atoms with Crippen molar-refractivity contribution in [1.29, 1.82) is 0 Å². The Labute approximate surface area is 272 Å². The summed E-state index contributed by atoms with van der Waals surface area (Å²) in [6.07, 6.45) is -1.05. The molecule has 2 aliphatic rings. The molecule has 3 aromatic carbocycles. The summed E-state index contributed by atoms with van der Waals surface area (Å²) in [7, 11) is -2.00. The first kappa shape index (κ1) is 32.6. The minimum Gasteiger partial charge on any atom is -0.495 e. The number of alkyl halides is 3. The van der Waals surface area contributed by atoms with Gasteiger partial charge in [-0.05, 0) is 66.8 Å². The largest absolute Gasteiger partial charge is 0.495 e. The lowest BCUT2D eigenvalue weighted by atomic mass is 9.77. The maximum atomic E-state index is 13.7. The Balaban J connectivity index is 1.16. The number of rotatable bonds is 9. The van der Waals surface area contributed by atoms with E-state index in [1.165, 1.54) is 29.5 Å². The highest BCUT2D eigenvalue weighted by molar-refractivity contribution is 7.90. The number of fused-ring (bicyclic) bond motifs is 1. The van der Waals surface area contributed by atoms with Crippen LogP contribution < -0.4 is 20.3 Å². The van der Waals surface area contributed by atoms with Crippen LogP contribution in [0.25, 0.3) is 10.9 Å². The van der Waals surface area contributed by atoms with Crippen LogP contribution in [0.3, 0.4) is 0 Å². The maximum absolute atomic E-state index is 13.7. The third-order valence-corrected chi connectivity index (χ3v) is 10.0.